The maximum absolute atomic E-state index is 6.14. The lowest BCUT2D eigenvalue weighted by Crippen LogP contribution is -2.08. The van der Waals surface area contributed by atoms with Crippen molar-refractivity contribution in [1.82, 2.24) is 5.32 Å². The normalized spacial score (nSPS) is 10.6. The molecule has 21 heavy (non-hydrogen) atoms. The third kappa shape index (κ3) is 4.92. The first-order valence-electron chi connectivity index (χ1n) is 7.00. The van der Waals surface area contributed by atoms with E-state index in [4.69, 9.17) is 27.9 Å². The Hall–Kier alpha value is -1.22. The molecule has 112 valence electrons. The van der Waals surface area contributed by atoms with Gasteiger partial charge in [-0.2, -0.15) is 0 Å². The minimum absolute atomic E-state index is 0.373. The summed E-state index contributed by atoms with van der Waals surface area (Å²) in [5, 5.41) is 4.42. The van der Waals surface area contributed by atoms with E-state index >= 15 is 0 Å². The van der Waals surface area contributed by atoms with Crippen LogP contribution in [0.5, 0.6) is 5.75 Å². The van der Waals surface area contributed by atoms with Gasteiger partial charge in [-0.15, -0.1) is 0 Å². The van der Waals surface area contributed by atoms with Crippen molar-refractivity contribution in [3.8, 4) is 5.75 Å². The van der Waals surface area contributed by atoms with Gasteiger partial charge in [0.05, 0.1) is 0 Å². The van der Waals surface area contributed by atoms with E-state index in [-0.39, 0.29) is 0 Å². The van der Waals surface area contributed by atoms with Gasteiger partial charge in [0.15, 0.2) is 0 Å². The number of hydrogen-bond donors (Lipinski definition) is 1. The Morgan fingerprint density at radius 3 is 2.48 bits per heavy atom. The van der Waals surface area contributed by atoms with Gasteiger partial charge in [-0.25, -0.2) is 0 Å². The summed E-state index contributed by atoms with van der Waals surface area (Å²) in [6, 6.07) is 13.6. The third-order valence-electron chi connectivity index (χ3n) is 3.24. The van der Waals surface area contributed by atoms with Crippen molar-refractivity contribution >= 4 is 23.2 Å². The fourth-order valence-corrected chi connectivity index (χ4v) is 2.59. The van der Waals surface area contributed by atoms with Crippen molar-refractivity contribution in [2.45, 2.75) is 19.4 Å². The van der Waals surface area contributed by atoms with E-state index in [0.717, 1.165) is 30.7 Å². The highest BCUT2D eigenvalue weighted by Gasteiger charge is 2.06. The highest BCUT2D eigenvalue weighted by Crippen LogP contribution is 2.26. The molecule has 2 nitrogen and oxygen atoms in total. The Kier molecular flexibility index (Phi) is 6.37. The molecule has 0 saturated carbocycles. The topological polar surface area (TPSA) is 21.3 Å². The quantitative estimate of drug-likeness (QED) is 0.744. The summed E-state index contributed by atoms with van der Waals surface area (Å²) in [6.07, 6.45) is 2.14. The molecule has 0 atom stereocenters. The standard InChI is InChI=1S/C17H19Cl2NO/c1-20-10-4-6-13-5-2-7-14(11-13)21-12-15-16(18)8-3-9-17(15)19/h2-3,5,7-9,11,20H,4,6,10,12H2,1H3. The lowest BCUT2D eigenvalue weighted by molar-refractivity contribution is 0.306. The van der Waals surface area contributed by atoms with Crippen molar-refractivity contribution < 1.29 is 4.74 Å². The molecule has 4 heteroatoms. The van der Waals surface area contributed by atoms with Gasteiger partial charge in [0.2, 0.25) is 0 Å². The summed E-state index contributed by atoms with van der Waals surface area (Å²) in [7, 11) is 1.97. The molecular formula is C17H19Cl2NO. The van der Waals surface area contributed by atoms with E-state index in [1.165, 1.54) is 5.56 Å². The van der Waals surface area contributed by atoms with Crippen LogP contribution in [-0.4, -0.2) is 13.6 Å². The van der Waals surface area contributed by atoms with Gasteiger partial charge in [-0.3, -0.25) is 0 Å². The molecular weight excluding hydrogens is 305 g/mol. The van der Waals surface area contributed by atoms with Crippen LogP contribution in [0.15, 0.2) is 42.5 Å². The van der Waals surface area contributed by atoms with Crippen LogP contribution >= 0.6 is 23.2 Å². The Morgan fingerprint density at radius 2 is 1.76 bits per heavy atom. The SMILES string of the molecule is CNCCCc1cccc(OCc2c(Cl)cccc2Cl)c1. The Balaban J connectivity index is 1.98. The molecule has 0 heterocycles. The van der Waals surface area contributed by atoms with E-state index < -0.39 is 0 Å². The maximum atomic E-state index is 6.14. The first-order valence-corrected chi connectivity index (χ1v) is 7.75. The first-order chi connectivity index (χ1) is 10.2. The Bertz CT molecular complexity index is 567. The van der Waals surface area contributed by atoms with Crippen LogP contribution in [-0.2, 0) is 13.0 Å². The van der Waals surface area contributed by atoms with E-state index in [9.17, 15) is 0 Å². The zero-order valence-corrected chi connectivity index (χ0v) is 13.5. The second kappa shape index (κ2) is 8.28. The van der Waals surface area contributed by atoms with Gasteiger partial charge in [0.25, 0.3) is 0 Å². The minimum atomic E-state index is 0.373. The minimum Gasteiger partial charge on any atom is -0.489 e. The van der Waals surface area contributed by atoms with Crippen molar-refractivity contribution in [1.29, 1.82) is 0 Å². The second-order valence-electron chi connectivity index (χ2n) is 4.84. The molecule has 0 aliphatic rings. The number of nitrogens with one attached hydrogen (secondary N) is 1. The third-order valence-corrected chi connectivity index (χ3v) is 3.94. The molecule has 0 aliphatic heterocycles. The molecule has 0 radical (unpaired) electrons. The first kappa shape index (κ1) is 16.2. The fraction of sp³-hybridized carbons (Fsp3) is 0.294. The number of hydrogen-bond acceptors (Lipinski definition) is 2. The van der Waals surface area contributed by atoms with Crippen LogP contribution in [0.2, 0.25) is 10.0 Å². The summed E-state index contributed by atoms with van der Waals surface area (Å²) in [5.74, 6) is 0.841. The van der Waals surface area contributed by atoms with Crippen LogP contribution in [0, 0.1) is 0 Å². The lowest BCUT2D eigenvalue weighted by atomic mass is 10.1. The predicted molar refractivity (Wildman–Crippen MR) is 89.5 cm³/mol. The van der Waals surface area contributed by atoms with Gasteiger partial charge in [-0.05, 0) is 56.3 Å². The maximum Gasteiger partial charge on any atom is 0.120 e. The van der Waals surface area contributed by atoms with Crippen LogP contribution < -0.4 is 10.1 Å². The van der Waals surface area contributed by atoms with Crippen molar-refractivity contribution in [2.75, 3.05) is 13.6 Å². The molecule has 0 amide bonds. The van der Waals surface area contributed by atoms with Crippen LogP contribution in [0.3, 0.4) is 0 Å². The fourth-order valence-electron chi connectivity index (χ4n) is 2.09. The number of benzene rings is 2. The average Bonchev–Trinajstić information content (AvgIpc) is 2.47. The zero-order valence-electron chi connectivity index (χ0n) is 12.0. The Labute approximate surface area is 136 Å². The zero-order chi connectivity index (χ0) is 15.1. The van der Waals surface area contributed by atoms with Gasteiger partial charge in [0.1, 0.15) is 12.4 Å². The molecule has 1 N–H and O–H groups in total. The summed E-state index contributed by atoms with van der Waals surface area (Å²) < 4.78 is 5.82. The summed E-state index contributed by atoms with van der Waals surface area (Å²) in [4.78, 5) is 0. The predicted octanol–water partition coefficient (Wildman–Crippen LogP) is 4.72. The molecule has 0 bridgehead atoms. The van der Waals surface area contributed by atoms with Crippen molar-refractivity contribution in [3.63, 3.8) is 0 Å². The van der Waals surface area contributed by atoms with Crippen molar-refractivity contribution in [2.24, 2.45) is 0 Å². The summed E-state index contributed by atoms with van der Waals surface area (Å²) in [5.41, 5.74) is 2.09. The van der Waals surface area contributed by atoms with Crippen LogP contribution in [0.25, 0.3) is 0 Å². The number of ether oxygens (including phenoxy) is 1. The molecule has 2 rings (SSSR count). The summed E-state index contributed by atoms with van der Waals surface area (Å²) >= 11 is 12.3. The molecule has 2 aromatic rings. The second-order valence-corrected chi connectivity index (χ2v) is 5.66. The monoisotopic (exact) mass is 323 g/mol. The molecule has 0 aromatic heterocycles. The molecule has 0 spiro atoms. The van der Waals surface area contributed by atoms with Gasteiger partial charge >= 0.3 is 0 Å². The molecule has 0 aliphatic carbocycles. The largest absolute Gasteiger partial charge is 0.489 e. The smallest absolute Gasteiger partial charge is 0.120 e. The molecule has 2 aromatic carbocycles. The molecule has 0 unspecified atom stereocenters. The summed E-state index contributed by atoms with van der Waals surface area (Å²) in [6.45, 7) is 1.39. The van der Waals surface area contributed by atoms with Crippen LogP contribution in [0.1, 0.15) is 17.5 Å². The van der Waals surface area contributed by atoms with E-state index in [0.29, 0.717) is 16.7 Å². The van der Waals surface area contributed by atoms with E-state index in [1.54, 1.807) is 0 Å². The highest BCUT2D eigenvalue weighted by molar-refractivity contribution is 6.35. The van der Waals surface area contributed by atoms with Gasteiger partial charge in [-0.1, -0.05) is 41.4 Å². The average molecular weight is 324 g/mol. The van der Waals surface area contributed by atoms with E-state index in [2.05, 4.69) is 17.4 Å². The van der Waals surface area contributed by atoms with Crippen molar-refractivity contribution in [3.05, 3.63) is 63.6 Å². The van der Waals surface area contributed by atoms with Gasteiger partial charge in [0, 0.05) is 15.6 Å². The highest BCUT2D eigenvalue weighted by atomic mass is 35.5. The molecule has 0 saturated heterocycles. The van der Waals surface area contributed by atoms with Gasteiger partial charge < -0.3 is 10.1 Å². The molecule has 0 fully saturated rings. The number of rotatable bonds is 7. The Morgan fingerprint density at radius 1 is 1.05 bits per heavy atom. The number of aryl methyl sites for hydroxylation is 1. The number of halogens is 2. The lowest BCUT2D eigenvalue weighted by Gasteiger charge is -2.10. The van der Waals surface area contributed by atoms with Crippen LogP contribution in [0.4, 0.5) is 0 Å². The van der Waals surface area contributed by atoms with E-state index in [1.807, 2.05) is 37.4 Å².